The van der Waals surface area contributed by atoms with Crippen molar-refractivity contribution >= 4 is 11.8 Å². The van der Waals surface area contributed by atoms with Crippen molar-refractivity contribution in [3.8, 4) is 0 Å². The molecule has 3 fully saturated rings. The van der Waals surface area contributed by atoms with E-state index in [1.165, 1.54) is 5.56 Å². The Bertz CT molecular complexity index is 717. The Balaban J connectivity index is 1.45. The summed E-state index contributed by atoms with van der Waals surface area (Å²) < 4.78 is 0. The van der Waals surface area contributed by atoms with Gasteiger partial charge in [0.2, 0.25) is 11.8 Å². The SMILES string of the molecule is Cc1ccc(CN2C(=O)CCC2C(=O)N2CCC3(O)CCCCC3C2)cc1. The van der Waals surface area contributed by atoms with Crippen molar-refractivity contribution in [3.63, 3.8) is 0 Å². The molecule has 1 aliphatic carbocycles. The number of carbonyl (C=O) groups excluding carboxylic acids is 2. The molecular formula is C22H30N2O3. The van der Waals surface area contributed by atoms with Crippen molar-refractivity contribution in [2.75, 3.05) is 13.1 Å². The number of aliphatic hydroxyl groups is 1. The summed E-state index contributed by atoms with van der Waals surface area (Å²) in [7, 11) is 0. The monoisotopic (exact) mass is 370 g/mol. The summed E-state index contributed by atoms with van der Waals surface area (Å²) in [6, 6.07) is 7.80. The van der Waals surface area contributed by atoms with Crippen LogP contribution < -0.4 is 0 Å². The molecule has 3 aliphatic rings. The number of piperidine rings is 1. The summed E-state index contributed by atoms with van der Waals surface area (Å²) in [4.78, 5) is 29.3. The smallest absolute Gasteiger partial charge is 0.245 e. The molecule has 5 nitrogen and oxygen atoms in total. The van der Waals surface area contributed by atoms with Crippen LogP contribution in [0.2, 0.25) is 0 Å². The molecule has 146 valence electrons. The standard InChI is InChI=1S/C22H30N2O3/c1-16-5-7-17(8-6-16)14-24-19(9-10-20(24)25)21(26)23-13-12-22(27)11-3-2-4-18(22)15-23/h5-8,18-19,27H,2-4,9-15H2,1H3. The highest BCUT2D eigenvalue weighted by Gasteiger charge is 2.46. The fraction of sp³-hybridized carbons (Fsp3) is 0.636. The first-order chi connectivity index (χ1) is 13.0. The minimum absolute atomic E-state index is 0.0695. The summed E-state index contributed by atoms with van der Waals surface area (Å²) in [6.07, 6.45) is 5.80. The normalized spacial score (nSPS) is 31.1. The van der Waals surface area contributed by atoms with Crippen molar-refractivity contribution in [2.45, 2.75) is 70.1 Å². The zero-order valence-corrected chi connectivity index (χ0v) is 16.2. The van der Waals surface area contributed by atoms with Gasteiger partial charge in [0, 0.05) is 32.0 Å². The molecule has 0 spiro atoms. The van der Waals surface area contributed by atoms with Gasteiger partial charge in [0.05, 0.1) is 5.60 Å². The summed E-state index contributed by atoms with van der Waals surface area (Å²) in [5.74, 6) is 0.326. The molecule has 4 rings (SSSR count). The first kappa shape index (κ1) is 18.5. The van der Waals surface area contributed by atoms with Gasteiger partial charge in [-0.05, 0) is 38.2 Å². The highest BCUT2D eigenvalue weighted by Crippen LogP contribution is 2.40. The van der Waals surface area contributed by atoms with Crippen molar-refractivity contribution in [2.24, 2.45) is 5.92 Å². The lowest BCUT2D eigenvalue weighted by atomic mass is 9.71. The average Bonchev–Trinajstić information content (AvgIpc) is 3.02. The summed E-state index contributed by atoms with van der Waals surface area (Å²) in [5.41, 5.74) is 1.67. The molecule has 27 heavy (non-hydrogen) atoms. The van der Waals surface area contributed by atoms with Crippen LogP contribution in [0, 0.1) is 12.8 Å². The van der Waals surface area contributed by atoms with Crippen LogP contribution in [0.3, 0.4) is 0 Å². The number of hydrogen-bond donors (Lipinski definition) is 1. The molecule has 1 aromatic rings. The van der Waals surface area contributed by atoms with Gasteiger partial charge in [-0.2, -0.15) is 0 Å². The lowest BCUT2D eigenvalue weighted by Crippen LogP contribution is -2.57. The fourth-order valence-corrected chi connectivity index (χ4v) is 5.06. The fourth-order valence-electron chi connectivity index (χ4n) is 5.06. The Morgan fingerprint density at radius 2 is 1.96 bits per heavy atom. The third-order valence-corrected chi connectivity index (χ3v) is 6.83. The molecule has 2 heterocycles. The third-order valence-electron chi connectivity index (χ3n) is 6.83. The molecule has 0 aromatic heterocycles. The maximum atomic E-state index is 13.2. The van der Waals surface area contributed by atoms with Crippen LogP contribution in [0.5, 0.6) is 0 Å². The molecule has 2 saturated heterocycles. The molecule has 1 saturated carbocycles. The Morgan fingerprint density at radius 1 is 1.19 bits per heavy atom. The maximum absolute atomic E-state index is 13.2. The van der Waals surface area contributed by atoms with Crippen LogP contribution in [-0.2, 0) is 16.1 Å². The van der Waals surface area contributed by atoms with Gasteiger partial charge in [-0.15, -0.1) is 0 Å². The summed E-state index contributed by atoms with van der Waals surface area (Å²) >= 11 is 0. The van der Waals surface area contributed by atoms with Crippen LogP contribution in [0.4, 0.5) is 0 Å². The molecule has 2 aliphatic heterocycles. The van der Waals surface area contributed by atoms with E-state index in [0.717, 1.165) is 31.2 Å². The zero-order valence-electron chi connectivity index (χ0n) is 16.2. The Kier molecular flexibility index (Phi) is 4.97. The van der Waals surface area contributed by atoms with Crippen LogP contribution in [-0.4, -0.2) is 51.5 Å². The third kappa shape index (κ3) is 3.62. The molecule has 1 N–H and O–H groups in total. The quantitative estimate of drug-likeness (QED) is 0.890. The molecular weight excluding hydrogens is 340 g/mol. The van der Waals surface area contributed by atoms with E-state index in [4.69, 9.17) is 0 Å². The van der Waals surface area contributed by atoms with E-state index in [-0.39, 0.29) is 23.8 Å². The first-order valence-corrected chi connectivity index (χ1v) is 10.3. The number of nitrogens with zero attached hydrogens (tertiary/aromatic N) is 2. The van der Waals surface area contributed by atoms with Gasteiger partial charge in [-0.1, -0.05) is 42.7 Å². The van der Waals surface area contributed by atoms with Gasteiger partial charge in [-0.25, -0.2) is 0 Å². The van der Waals surface area contributed by atoms with Crippen LogP contribution in [0.15, 0.2) is 24.3 Å². The van der Waals surface area contributed by atoms with Crippen molar-refractivity contribution in [3.05, 3.63) is 35.4 Å². The van der Waals surface area contributed by atoms with E-state index in [1.54, 1.807) is 4.90 Å². The molecule has 0 bridgehead atoms. The number of fused-ring (bicyclic) bond motifs is 1. The Labute approximate surface area is 161 Å². The van der Waals surface area contributed by atoms with Crippen LogP contribution in [0.1, 0.15) is 56.1 Å². The van der Waals surface area contributed by atoms with Crippen molar-refractivity contribution in [1.82, 2.24) is 9.80 Å². The first-order valence-electron chi connectivity index (χ1n) is 10.3. The summed E-state index contributed by atoms with van der Waals surface area (Å²) in [6.45, 7) is 3.78. The predicted molar refractivity (Wildman–Crippen MR) is 103 cm³/mol. The minimum atomic E-state index is -0.581. The van der Waals surface area contributed by atoms with E-state index < -0.39 is 5.60 Å². The van der Waals surface area contributed by atoms with E-state index in [9.17, 15) is 14.7 Å². The van der Waals surface area contributed by atoms with Crippen molar-refractivity contribution < 1.29 is 14.7 Å². The number of rotatable bonds is 3. The van der Waals surface area contributed by atoms with Crippen LogP contribution in [0.25, 0.3) is 0 Å². The highest BCUT2D eigenvalue weighted by atomic mass is 16.3. The second-order valence-electron chi connectivity index (χ2n) is 8.64. The zero-order chi connectivity index (χ0) is 19.0. The predicted octanol–water partition coefficient (Wildman–Crippen LogP) is 2.64. The van der Waals surface area contributed by atoms with Crippen LogP contribution >= 0.6 is 0 Å². The molecule has 1 aromatic carbocycles. The molecule has 3 atom stereocenters. The van der Waals surface area contributed by atoms with Gasteiger partial charge in [0.15, 0.2) is 0 Å². The molecule has 3 unspecified atom stereocenters. The molecule has 5 heteroatoms. The van der Waals surface area contributed by atoms with E-state index in [1.807, 2.05) is 36.1 Å². The lowest BCUT2D eigenvalue weighted by Gasteiger charge is -2.48. The molecule has 0 radical (unpaired) electrons. The minimum Gasteiger partial charge on any atom is -0.389 e. The highest BCUT2D eigenvalue weighted by molar-refractivity contribution is 5.91. The second-order valence-corrected chi connectivity index (χ2v) is 8.64. The van der Waals surface area contributed by atoms with Gasteiger partial charge < -0.3 is 14.9 Å². The van der Waals surface area contributed by atoms with E-state index >= 15 is 0 Å². The Hall–Kier alpha value is -1.88. The summed E-state index contributed by atoms with van der Waals surface area (Å²) in [5, 5.41) is 10.9. The van der Waals surface area contributed by atoms with Gasteiger partial charge in [0.1, 0.15) is 6.04 Å². The number of benzene rings is 1. The number of amides is 2. The number of hydrogen-bond acceptors (Lipinski definition) is 3. The Morgan fingerprint density at radius 3 is 2.74 bits per heavy atom. The van der Waals surface area contributed by atoms with E-state index in [0.29, 0.717) is 38.9 Å². The lowest BCUT2D eigenvalue weighted by molar-refractivity contribution is -0.150. The number of likely N-dealkylation sites (tertiary alicyclic amines) is 2. The van der Waals surface area contributed by atoms with Crippen molar-refractivity contribution in [1.29, 1.82) is 0 Å². The largest absolute Gasteiger partial charge is 0.389 e. The average molecular weight is 370 g/mol. The topological polar surface area (TPSA) is 60.9 Å². The van der Waals surface area contributed by atoms with Gasteiger partial charge >= 0.3 is 0 Å². The van der Waals surface area contributed by atoms with Gasteiger partial charge in [0.25, 0.3) is 0 Å². The maximum Gasteiger partial charge on any atom is 0.245 e. The number of carbonyl (C=O) groups is 2. The number of aryl methyl sites for hydroxylation is 1. The second kappa shape index (κ2) is 7.27. The van der Waals surface area contributed by atoms with E-state index in [2.05, 4.69) is 0 Å². The molecule has 2 amide bonds. The van der Waals surface area contributed by atoms with Gasteiger partial charge in [-0.3, -0.25) is 9.59 Å².